The Kier molecular flexibility index (Phi) is 39.0. The third-order valence-electron chi connectivity index (χ3n) is 6.06. The van der Waals surface area contributed by atoms with Gasteiger partial charge in [0.15, 0.2) is 0 Å². The molecule has 1 aromatic carbocycles. The van der Waals surface area contributed by atoms with Crippen LogP contribution in [0.5, 0.6) is 0 Å². The van der Waals surface area contributed by atoms with Crippen LogP contribution in [0.25, 0.3) is 0 Å². The zero-order valence-corrected chi connectivity index (χ0v) is 31.6. The lowest BCUT2D eigenvalue weighted by Gasteiger charge is -2.17. The van der Waals surface area contributed by atoms with E-state index in [0.717, 1.165) is 29.4 Å². The minimum Gasteiger partial charge on any atom is -0.257 e. The normalized spacial score (nSPS) is 11.3. The average molecular weight is 643 g/mol. The standard InChI is InChI=1S/C17H28BrN.C10H14.C9H14.2C2H6/c1-7-10-15(11-8-2)17(12-13(4)5)19-14(6)16(18)9-3;1-3-9-7-5-6-8-10(9)4-2;1-4-7-8-9(5-2)6-3;2*1-2/h9,12,15H,3,7-8,10-11H2,1-2,4-6H3;5-8H,3-4H2,1-2H3;4-5,7-8H,1,6H2,2-3H3;2*1-2H3/b16-14-,19-17?;;8-7-,9-5-;;. The van der Waals surface area contributed by atoms with Gasteiger partial charge >= 0.3 is 0 Å². The molecule has 0 aromatic heterocycles. The van der Waals surface area contributed by atoms with E-state index >= 15 is 0 Å². The van der Waals surface area contributed by atoms with E-state index < -0.39 is 0 Å². The molecule has 0 unspecified atom stereocenters. The highest BCUT2D eigenvalue weighted by Crippen LogP contribution is 2.21. The third kappa shape index (κ3) is 25.5. The Morgan fingerprint density at radius 2 is 1.33 bits per heavy atom. The first-order chi connectivity index (χ1) is 20.2. The van der Waals surface area contributed by atoms with Crippen molar-refractivity contribution in [3.05, 3.63) is 106 Å². The Morgan fingerprint density at radius 1 is 0.857 bits per heavy atom. The number of hydrogen-bond donors (Lipinski definition) is 0. The Bertz CT molecular complexity index is 907. The predicted molar refractivity (Wildman–Crippen MR) is 203 cm³/mol. The summed E-state index contributed by atoms with van der Waals surface area (Å²) in [6.07, 6.45) is 20.2. The first kappa shape index (κ1) is 46.8. The van der Waals surface area contributed by atoms with E-state index in [4.69, 9.17) is 4.99 Å². The van der Waals surface area contributed by atoms with Gasteiger partial charge in [0.25, 0.3) is 0 Å². The molecule has 0 saturated carbocycles. The molecule has 0 radical (unpaired) electrons. The molecule has 0 N–H and O–H groups in total. The maximum atomic E-state index is 4.83. The van der Waals surface area contributed by atoms with Gasteiger partial charge in [-0.25, -0.2) is 0 Å². The van der Waals surface area contributed by atoms with Crippen LogP contribution in [0.1, 0.15) is 133 Å². The number of rotatable bonds is 13. The van der Waals surface area contributed by atoms with Gasteiger partial charge in [0.05, 0.1) is 5.70 Å². The molecule has 0 amide bonds. The van der Waals surface area contributed by atoms with Crippen LogP contribution in [0.2, 0.25) is 0 Å². The molecule has 0 saturated heterocycles. The van der Waals surface area contributed by atoms with Crippen molar-refractivity contribution in [3.8, 4) is 0 Å². The summed E-state index contributed by atoms with van der Waals surface area (Å²) in [5, 5.41) is 0. The Hall–Kier alpha value is -2.19. The van der Waals surface area contributed by atoms with Gasteiger partial charge < -0.3 is 0 Å². The van der Waals surface area contributed by atoms with Gasteiger partial charge in [-0.3, -0.25) is 4.99 Å². The molecule has 0 heterocycles. The second-order valence-corrected chi connectivity index (χ2v) is 10.3. The quantitative estimate of drug-likeness (QED) is 0.150. The second-order valence-electron chi connectivity index (χ2n) is 9.46. The van der Waals surface area contributed by atoms with Crippen LogP contribution in [-0.2, 0) is 12.8 Å². The van der Waals surface area contributed by atoms with Crippen molar-refractivity contribution in [1.29, 1.82) is 0 Å². The van der Waals surface area contributed by atoms with Crippen LogP contribution in [-0.4, -0.2) is 5.71 Å². The molecule has 0 aliphatic carbocycles. The van der Waals surface area contributed by atoms with Gasteiger partial charge in [-0.15, -0.1) is 0 Å². The van der Waals surface area contributed by atoms with E-state index in [2.05, 4.69) is 120 Å². The Balaban J connectivity index is -0.000000264. The summed E-state index contributed by atoms with van der Waals surface area (Å²) in [6.45, 7) is 34.7. The van der Waals surface area contributed by atoms with Crippen LogP contribution >= 0.6 is 15.9 Å². The molecule has 0 aliphatic heterocycles. The van der Waals surface area contributed by atoms with Gasteiger partial charge in [-0.05, 0) is 92.9 Å². The number of hydrogen-bond acceptors (Lipinski definition) is 1. The van der Waals surface area contributed by atoms with Gasteiger partial charge in [0, 0.05) is 16.1 Å². The molecule has 0 fully saturated rings. The molecule has 0 aliphatic rings. The van der Waals surface area contributed by atoms with Crippen LogP contribution < -0.4 is 0 Å². The zero-order chi connectivity index (χ0) is 33.3. The van der Waals surface area contributed by atoms with E-state index in [1.807, 2.05) is 47.6 Å². The van der Waals surface area contributed by atoms with Crippen molar-refractivity contribution < 1.29 is 0 Å². The van der Waals surface area contributed by atoms with Gasteiger partial charge in [-0.2, -0.15) is 0 Å². The van der Waals surface area contributed by atoms with E-state index in [1.165, 1.54) is 53.7 Å². The van der Waals surface area contributed by atoms with Crippen molar-refractivity contribution in [2.45, 2.75) is 135 Å². The monoisotopic (exact) mass is 641 g/mol. The summed E-state index contributed by atoms with van der Waals surface area (Å²) in [5.41, 5.74) is 7.85. The SMILES string of the molecule is C=C/C(Br)=C(\C)N=C(C=C(C)C)C(CCC)CCC.C=C/C=C\C(=C/C)CC.CC.CC.CCc1ccccc1CC. The van der Waals surface area contributed by atoms with Crippen molar-refractivity contribution in [3.63, 3.8) is 0 Å². The molecule has 0 bridgehead atoms. The molecule has 1 aromatic rings. The summed E-state index contributed by atoms with van der Waals surface area (Å²) < 4.78 is 0.971. The Labute approximate surface area is 272 Å². The molecular formula is C40H68BrN. The maximum absolute atomic E-state index is 4.83. The summed E-state index contributed by atoms with van der Waals surface area (Å²) in [5.74, 6) is 0.560. The van der Waals surface area contributed by atoms with Crippen molar-refractivity contribution >= 4 is 21.6 Å². The van der Waals surface area contributed by atoms with Crippen LogP contribution in [0.3, 0.4) is 0 Å². The molecule has 42 heavy (non-hydrogen) atoms. The highest BCUT2D eigenvalue weighted by atomic mass is 79.9. The molecule has 2 heteroatoms. The summed E-state index contributed by atoms with van der Waals surface area (Å²) in [7, 11) is 0. The largest absolute Gasteiger partial charge is 0.257 e. The van der Waals surface area contributed by atoms with Gasteiger partial charge in [0.1, 0.15) is 0 Å². The number of aliphatic imine (C=N–C) groups is 1. The smallest absolute Gasteiger partial charge is 0.0517 e. The van der Waals surface area contributed by atoms with E-state index in [0.29, 0.717) is 5.92 Å². The number of benzene rings is 1. The van der Waals surface area contributed by atoms with E-state index in [1.54, 1.807) is 12.2 Å². The van der Waals surface area contributed by atoms with Gasteiger partial charge in [-0.1, -0.05) is 154 Å². The number of nitrogens with zero attached hydrogens (tertiary/aromatic N) is 1. The van der Waals surface area contributed by atoms with Crippen LogP contribution in [0, 0.1) is 5.92 Å². The zero-order valence-electron chi connectivity index (χ0n) is 30.0. The fourth-order valence-electron chi connectivity index (χ4n) is 3.93. The van der Waals surface area contributed by atoms with Crippen molar-refractivity contribution in [1.82, 2.24) is 0 Å². The maximum Gasteiger partial charge on any atom is 0.0517 e. The number of allylic oxidation sites excluding steroid dienone is 10. The van der Waals surface area contributed by atoms with Gasteiger partial charge in [0.2, 0.25) is 0 Å². The van der Waals surface area contributed by atoms with Crippen molar-refractivity contribution in [2.75, 3.05) is 0 Å². The lowest BCUT2D eigenvalue weighted by atomic mass is 9.92. The molecule has 0 spiro atoms. The van der Waals surface area contributed by atoms with Crippen molar-refractivity contribution in [2.24, 2.45) is 10.9 Å². The number of aryl methyl sites for hydroxylation is 2. The topological polar surface area (TPSA) is 12.4 Å². The van der Waals surface area contributed by atoms with E-state index in [-0.39, 0.29) is 0 Å². The predicted octanol–water partition coefficient (Wildman–Crippen LogP) is 14.4. The third-order valence-corrected chi connectivity index (χ3v) is 6.95. The minimum absolute atomic E-state index is 0.560. The fourth-order valence-corrected chi connectivity index (χ4v) is 4.01. The highest BCUT2D eigenvalue weighted by Gasteiger charge is 2.13. The first-order valence-corrected chi connectivity index (χ1v) is 17.2. The molecule has 240 valence electrons. The molecule has 0 atom stereocenters. The number of halogens is 1. The summed E-state index contributed by atoms with van der Waals surface area (Å²) >= 11 is 3.50. The fraction of sp³-hybridized carbons (Fsp3) is 0.525. The lowest BCUT2D eigenvalue weighted by molar-refractivity contribution is 0.560. The Morgan fingerprint density at radius 3 is 1.64 bits per heavy atom. The second kappa shape index (κ2) is 35.0. The molecule has 1 rings (SSSR count). The summed E-state index contributed by atoms with van der Waals surface area (Å²) in [4.78, 5) is 4.83. The molecule has 1 nitrogen and oxygen atoms in total. The van der Waals surface area contributed by atoms with Crippen LogP contribution in [0.4, 0.5) is 0 Å². The van der Waals surface area contributed by atoms with E-state index in [9.17, 15) is 0 Å². The van der Waals surface area contributed by atoms with Crippen LogP contribution in [0.15, 0.2) is 100 Å². The average Bonchev–Trinajstić information content (AvgIpc) is 3.03. The first-order valence-electron chi connectivity index (χ1n) is 16.4. The summed E-state index contributed by atoms with van der Waals surface area (Å²) in [6, 6.07) is 8.63. The minimum atomic E-state index is 0.560. The lowest BCUT2D eigenvalue weighted by Crippen LogP contribution is -2.13. The highest BCUT2D eigenvalue weighted by molar-refractivity contribution is 9.11. The molecular weight excluding hydrogens is 574 g/mol.